The molecule has 0 aromatic carbocycles. The van der Waals surface area contributed by atoms with Crippen molar-refractivity contribution < 1.29 is 9.90 Å². The van der Waals surface area contributed by atoms with Crippen LogP contribution >= 0.6 is 0 Å². The van der Waals surface area contributed by atoms with Crippen molar-refractivity contribution in [2.45, 2.75) is 47.1 Å². The molecule has 1 atom stereocenters. The SMILES string of the molecule is CC(C)CC(=O)NCC(O)C(C)(C)C. The molecular weight excluding hydrogens is 178 g/mol. The summed E-state index contributed by atoms with van der Waals surface area (Å²) >= 11 is 0. The van der Waals surface area contributed by atoms with Crippen LogP contribution < -0.4 is 5.32 Å². The number of hydrogen-bond acceptors (Lipinski definition) is 2. The predicted molar refractivity (Wildman–Crippen MR) is 57.9 cm³/mol. The number of amides is 1. The molecule has 0 aliphatic carbocycles. The molecule has 0 fully saturated rings. The van der Waals surface area contributed by atoms with Gasteiger partial charge in [0.15, 0.2) is 0 Å². The first-order valence-electron chi connectivity index (χ1n) is 5.18. The lowest BCUT2D eigenvalue weighted by Crippen LogP contribution is -2.39. The van der Waals surface area contributed by atoms with E-state index in [4.69, 9.17) is 0 Å². The van der Waals surface area contributed by atoms with Crippen molar-refractivity contribution in [3.8, 4) is 0 Å². The zero-order valence-electron chi connectivity index (χ0n) is 9.92. The van der Waals surface area contributed by atoms with Gasteiger partial charge in [-0.1, -0.05) is 34.6 Å². The minimum atomic E-state index is -0.487. The van der Waals surface area contributed by atoms with Crippen LogP contribution in [-0.4, -0.2) is 23.7 Å². The van der Waals surface area contributed by atoms with Crippen LogP contribution in [0.15, 0.2) is 0 Å². The second-order valence-corrected chi connectivity index (χ2v) is 5.28. The monoisotopic (exact) mass is 201 g/mol. The summed E-state index contributed by atoms with van der Waals surface area (Å²) in [4.78, 5) is 11.3. The summed E-state index contributed by atoms with van der Waals surface area (Å²) in [7, 11) is 0. The number of carbonyl (C=O) groups is 1. The smallest absolute Gasteiger partial charge is 0.220 e. The summed E-state index contributed by atoms with van der Waals surface area (Å²) < 4.78 is 0. The summed E-state index contributed by atoms with van der Waals surface area (Å²) in [5.74, 6) is 0.380. The number of aliphatic hydroxyl groups is 1. The molecule has 0 aliphatic rings. The van der Waals surface area contributed by atoms with Crippen molar-refractivity contribution in [2.24, 2.45) is 11.3 Å². The average Bonchev–Trinajstić information content (AvgIpc) is 1.96. The Hall–Kier alpha value is -0.570. The Morgan fingerprint density at radius 3 is 2.21 bits per heavy atom. The molecule has 2 N–H and O–H groups in total. The molecule has 1 amide bonds. The lowest BCUT2D eigenvalue weighted by Gasteiger charge is -2.26. The molecule has 0 heterocycles. The van der Waals surface area contributed by atoms with Crippen LogP contribution in [0.1, 0.15) is 41.0 Å². The van der Waals surface area contributed by atoms with Crippen LogP contribution in [0.25, 0.3) is 0 Å². The fourth-order valence-electron chi connectivity index (χ4n) is 0.960. The van der Waals surface area contributed by atoms with E-state index in [2.05, 4.69) is 5.32 Å². The zero-order valence-corrected chi connectivity index (χ0v) is 9.92. The van der Waals surface area contributed by atoms with Crippen LogP contribution in [0.3, 0.4) is 0 Å². The normalized spacial score (nSPS) is 14.2. The van der Waals surface area contributed by atoms with Gasteiger partial charge in [-0.2, -0.15) is 0 Å². The van der Waals surface area contributed by atoms with E-state index in [9.17, 15) is 9.90 Å². The summed E-state index contributed by atoms with van der Waals surface area (Å²) in [6, 6.07) is 0. The van der Waals surface area contributed by atoms with E-state index >= 15 is 0 Å². The topological polar surface area (TPSA) is 49.3 Å². The molecule has 0 aromatic heterocycles. The highest BCUT2D eigenvalue weighted by Crippen LogP contribution is 2.18. The Bertz CT molecular complexity index is 182. The number of aliphatic hydroxyl groups excluding tert-OH is 1. The van der Waals surface area contributed by atoms with Gasteiger partial charge in [0.2, 0.25) is 5.91 Å². The Morgan fingerprint density at radius 1 is 1.36 bits per heavy atom. The van der Waals surface area contributed by atoms with E-state index in [1.54, 1.807) is 0 Å². The Morgan fingerprint density at radius 2 is 1.86 bits per heavy atom. The van der Waals surface area contributed by atoms with Crippen LogP contribution in [0.4, 0.5) is 0 Å². The second-order valence-electron chi connectivity index (χ2n) is 5.28. The first kappa shape index (κ1) is 13.4. The quantitative estimate of drug-likeness (QED) is 0.725. The molecule has 1 unspecified atom stereocenters. The van der Waals surface area contributed by atoms with E-state index in [-0.39, 0.29) is 11.3 Å². The van der Waals surface area contributed by atoms with Gasteiger partial charge >= 0.3 is 0 Å². The lowest BCUT2D eigenvalue weighted by atomic mass is 9.89. The molecule has 0 aromatic rings. The largest absolute Gasteiger partial charge is 0.391 e. The van der Waals surface area contributed by atoms with Crippen molar-refractivity contribution in [2.75, 3.05) is 6.54 Å². The number of hydrogen-bond donors (Lipinski definition) is 2. The summed E-state index contributed by atoms with van der Waals surface area (Å²) in [6.07, 6.45) is 0.0373. The Balaban J connectivity index is 3.78. The van der Waals surface area contributed by atoms with Gasteiger partial charge in [0, 0.05) is 13.0 Å². The highest BCUT2D eigenvalue weighted by Gasteiger charge is 2.22. The fraction of sp³-hybridized carbons (Fsp3) is 0.909. The number of carbonyl (C=O) groups excluding carboxylic acids is 1. The maximum absolute atomic E-state index is 11.3. The molecule has 0 radical (unpaired) electrons. The maximum Gasteiger partial charge on any atom is 0.220 e. The third-order valence-electron chi connectivity index (χ3n) is 2.09. The lowest BCUT2D eigenvalue weighted by molar-refractivity contribution is -0.122. The van der Waals surface area contributed by atoms with Gasteiger partial charge in [0.25, 0.3) is 0 Å². The minimum Gasteiger partial charge on any atom is -0.391 e. The first-order chi connectivity index (χ1) is 6.23. The van der Waals surface area contributed by atoms with Crippen LogP contribution in [0, 0.1) is 11.3 Å². The Kier molecular flexibility index (Phi) is 5.13. The van der Waals surface area contributed by atoms with Crippen LogP contribution in [0.2, 0.25) is 0 Å². The van der Waals surface area contributed by atoms with Crippen molar-refractivity contribution in [3.63, 3.8) is 0 Å². The van der Waals surface area contributed by atoms with Gasteiger partial charge in [-0.05, 0) is 11.3 Å². The highest BCUT2D eigenvalue weighted by molar-refractivity contribution is 5.76. The summed E-state index contributed by atoms with van der Waals surface area (Å²) in [5.41, 5.74) is -0.175. The van der Waals surface area contributed by atoms with Crippen molar-refractivity contribution in [3.05, 3.63) is 0 Å². The fourth-order valence-corrected chi connectivity index (χ4v) is 0.960. The average molecular weight is 201 g/mol. The molecule has 0 rings (SSSR count). The van der Waals surface area contributed by atoms with Gasteiger partial charge in [-0.3, -0.25) is 4.79 Å². The molecular formula is C11H23NO2. The second kappa shape index (κ2) is 5.35. The standard InChI is InChI=1S/C11H23NO2/c1-8(2)6-10(14)12-7-9(13)11(3,4)5/h8-9,13H,6-7H2,1-5H3,(H,12,14). The molecule has 0 saturated heterocycles. The van der Waals surface area contributed by atoms with E-state index in [0.717, 1.165) is 0 Å². The third-order valence-corrected chi connectivity index (χ3v) is 2.09. The zero-order chi connectivity index (χ0) is 11.4. The van der Waals surface area contributed by atoms with Gasteiger partial charge in [-0.15, -0.1) is 0 Å². The molecule has 0 saturated carbocycles. The minimum absolute atomic E-state index is 0.0169. The summed E-state index contributed by atoms with van der Waals surface area (Å²) in [5, 5.41) is 12.4. The molecule has 0 aliphatic heterocycles. The van der Waals surface area contributed by atoms with E-state index in [1.165, 1.54) is 0 Å². The molecule has 0 bridgehead atoms. The van der Waals surface area contributed by atoms with E-state index in [1.807, 2.05) is 34.6 Å². The maximum atomic E-state index is 11.3. The molecule has 84 valence electrons. The van der Waals surface area contributed by atoms with Gasteiger partial charge in [0.1, 0.15) is 0 Å². The Labute approximate surface area is 86.9 Å². The molecule has 3 nitrogen and oxygen atoms in total. The van der Waals surface area contributed by atoms with Crippen molar-refractivity contribution in [1.29, 1.82) is 0 Å². The predicted octanol–water partition coefficient (Wildman–Crippen LogP) is 1.56. The van der Waals surface area contributed by atoms with Gasteiger partial charge < -0.3 is 10.4 Å². The van der Waals surface area contributed by atoms with E-state index in [0.29, 0.717) is 18.9 Å². The summed E-state index contributed by atoms with van der Waals surface area (Å²) in [6.45, 7) is 10.2. The third kappa shape index (κ3) is 5.97. The van der Waals surface area contributed by atoms with Gasteiger partial charge in [-0.25, -0.2) is 0 Å². The first-order valence-corrected chi connectivity index (χ1v) is 5.18. The highest BCUT2D eigenvalue weighted by atomic mass is 16.3. The van der Waals surface area contributed by atoms with Crippen LogP contribution in [0.5, 0.6) is 0 Å². The van der Waals surface area contributed by atoms with Gasteiger partial charge in [0.05, 0.1) is 6.10 Å². The molecule has 14 heavy (non-hydrogen) atoms. The van der Waals surface area contributed by atoms with Crippen LogP contribution in [-0.2, 0) is 4.79 Å². The van der Waals surface area contributed by atoms with Crippen molar-refractivity contribution >= 4 is 5.91 Å². The number of nitrogens with one attached hydrogen (secondary N) is 1. The molecule has 3 heteroatoms. The molecule has 0 spiro atoms. The van der Waals surface area contributed by atoms with E-state index < -0.39 is 6.10 Å². The number of rotatable bonds is 4. The van der Waals surface area contributed by atoms with Crippen molar-refractivity contribution in [1.82, 2.24) is 5.32 Å².